The zero-order chi connectivity index (χ0) is 22.5. The van der Waals surface area contributed by atoms with Crippen LogP contribution in [0.15, 0.2) is 0 Å². The van der Waals surface area contributed by atoms with Gasteiger partial charge in [-0.2, -0.15) is 16.8 Å². The molecule has 10 heteroatoms. The van der Waals surface area contributed by atoms with Crippen molar-refractivity contribution in [2.75, 3.05) is 13.2 Å². The smallest absolute Gasteiger partial charge is 0.264 e. The minimum absolute atomic E-state index is 0.0148. The highest BCUT2D eigenvalue weighted by Crippen LogP contribution is 2.23. The molecule has 0 aliphatic heterocycles. The van der Waals surface area contributed by atoms with Crippen LogP contribution in [0.5, 0.6) is 0 Å². The number of hydrogen-bond acceptors (Lipinski definition) is 6. The third-order valence-corrected chi connectivity index (χ3v) is 5.92. The quantitative estimate of drug-likeness (QED) is 0.282. The van der Waals surface area contributed by atoms with Crippen LogP contribution in [0.25, 0.3) is 0 Å². The molecule has 0 radical (unpaired) electrons. The van der Waals surface area contributed by atoms with Crippen molar-refractivity contribution in [2.24, 2.45) is 23.7 Å². The Morgan fingerprint density at radius 1 is 0.621 bits per heavy atom. The van der Waals surface area contributed by atoms with E-state index in [1.807, 2.05) is 6.92 Å². The summed E-state index contributed by atoms with van der Waals surface area (Å²) in [6, 6.07) is 0. The van der Waals surface area contributed by atoms with Gasteiger partial charge in [0.15, 0.2) is 0 Å². The molecule has 176 valence electrons. The minimum Gasteiger partial charge on any atom is -0.264 e. The predicted molar refractivity (Wildman–Crippen MR) is 113 cm³/mol. The first-order chi connectivity index (χ1) is 13.3. The monoisotopic (exact) mass is 460 g/mol. The number of rotatable bonds is 18. The second-order valence-corrected chi connectivity index (χ2v) is 10.9. The van der Waals surface area contributed by atoms with Gasteiger partial charge in [0.05, 0.1) is 13.2 Å². The molecule has 0 aromatic rings. The van der Waals surface area contributed by atoms with Crippen molar-refractivity contribution in [3.8, 4) is 0 Å². The zero-order valence-electron chi connectivity index (χ0n) is 18.2. The minimum atomic E-state index is -4.40. The highest BCUT2D eigenvalue weighted by Gasteiger charge is 2.15. The Balaban J connectivity index is 4.12. The Morgan fingerprint density at radius 2 is 1.03 bits per heavy atom. The summed E-state index contributed by atoms with van der Waals surface area (Å²) in [5, 5.41) is 0. The first-order valence-corrected chi connectivity index (χ1v) is 13.2. The van der Waals surface area contributed by atoms with Crippen LogP contribution in [0, 0.1) is 23.7 Å². The first-order valence-electron chi connectivity index (χ1n) is 10.5. The van der Waals surface area contributed by atoms with Crippen molar-refractivity contribution in [3.05, 3.63) is 0 Å². The highest BCUT2D eigenvalue weighted by molar-refractivity contribution is 7.81. The maximum absolute atomic E-state index is 10.9. The summed E-state index contributed by atoms with van der Waals surface area (Å²) >= 11 is 0. The molecule has 0 saturated heterocycles. The maximum atomic E-state index is 10.9. The molecule has 0 bridgehead atoms. The third kappa shape index (κ3) is 20.8. The lowest BCUT2D eigenvalue weighted by molar-refractivity contribution is 0.201. The third-order valence-electron chi connectivity index (χ3n) is 5.05. The van der Waals surface area contributed by atoms with E-state index in [0.717, 1.165) is 57.8 Å². The molecular formula is C19H40O8S2. The average Bonchev–Trinajstić information content (AvgIpc) is 2.55. The van der Waals surface area contributed by atoms with Crippen LogP contribution < -0.4 is 0 Å². The van der Waals surface area contributed by atoms with Crippen LogP contribution in [0.4, 0.5) is 0 Å². The van der Waals surface area contributed by atoms with Gasteiger partial charge < -0.3 is 0 Å². The molecule has 2 N–H and O–H groups in total. The molecule has 0 saturated carbocycles. The molecule has 0 aromatic heterocycles. The normalized spacial score (nSPS) is 16.1. The fourth-order valence-electron chi connectivity index (χ4n) is 3.31. The molecule has 0 fully saturated rings. The molecule has 8 nitrogen and oxygen atoms in total. The molecule has 0 amide bonds. The SMILES string of the molecule is CC(C)CCC[C@H](CCC[C@H](C)CCC[C@H](C)COS(=O)(=O)O)COS(=O)(=O)O. The summed E-state index contributed by atoms with van der Waals surface area (Å²) in [5.41, 5.74) is 0. The van der Waals surface area contributed by atoms with Crippen molar-refractivity contribution < 1.29 is 34.3 Å². The molecule has 0 unspecified atom stereocenters. The molecule has 0 heterocycles. The van der Waals surface area contributed by atoms with E-state index in [9.17, 15) is 16.8 Å². The first kappa shape index (κ1) is 28.7. The van der Waals surface area contributed by atoms with E-state index in [2.05, 4.69) is 29.1 Å². The zero-order valence-corrected chi connectivity index (χ0v) is 19.9. The molecule has 0 rings (SSSR count). The molecule has 3 atom stereocenters. The van der Waals surface area contributed by atoms with Gasteiger partial charge in [-0.05, 0) is 42.9 Å². The Bertz CT molecular complexity index is 616. The van der Waals surface area contributed by atoms with Gasteiger partial charge in [-0.1, -0.05) is 66.2 Å². The maximum Gasteiger partial charge on any atom is 0.397 e. The van der Waals surface area contributed by atoms with Gasteiger partial charge in [0.1, 0.15) is 0 Å². The van der Waals surface area contributed by atoms with Gasteiger partial charge in [0.25, 0.3) is 0 Å². The Morgan fingerprint density at radius 3 is 1.52 bits per heavy atom. The standard InChI is InChI=1S/C19H40O8S2/c1-16(2)8-5-12-19(15-27-29(23,24)25)13-7-10-17(3)9-6-11-18(4)14-26-28(20,21)22/h16-19H,5-15H2,1-4H3,(H,20,21,22)(H,23,24,25)/t17-,18+,19-/m1/s1. The molecule has 0 spiro atoms. The van der Waals surface area contributed by atoms with Gasteiger partial charge in [-0.25, -0.2) is 8.37 Å². The molecular weight excluding hydrogens is 420 g/mol. The second-order valence-electron chi connectivity index (χ2n) is 8.69. The topological polar surface area (TPSA) is 127 Å². The van der Waals surface area contributed by atoms with Crippen molar-refractivity contribution in [1.29, 1.82) is 0 Å². The fraction of sp³-hybridized carbons (Fsp3) is 1.00. The Labute approximate surface area is 177 Å². The molecule has 0 aliphatic rings. The summed E-state index contributed by atoms with van der Waals surface area (Å²) in [5.74, 6) is 1.26. The number of hydrogen-bond donors (Lipinski definition) is 2. The van der Waals surface area contributed by atoms with E-state index in [4.69, 9.17) is 9.11 Å². The second kappa shape index (κ2) is 14.7. The lowest BCUT2D eigenvalue weighted by Crippen LogP contribution is -2.15. The largest absolute Gasteiger partial charge is 0.397 e. The Kier molecular flexibility index (Phi) is 14.6. The fourth-order valence-corrected chi connectivity index (χ4v) is 4.08. The lowest BCUT2D eigenvalue weighted by Gasteiger charge is -2.18. The van der Waals surface area contributed by atoms with Crippen LogP contribution >= 0.6 is 0 Å². The lowest BCUT2D eigenvalue weighted by atomic mass is 9.90. The predicted octanol–water partition coefficient (Wildman–Crippen LogP) is 4.68. The van der Waals surface area contributed by atoms with Gasteiger partial charge in [-0.15, -0.1) is 0 Å². The van der Waals surface area contributed by atoms with E-state index >= 15 is 0 Å². The van der Waals surface area contributed by atoms with E-state index in [1.54, 1.807) is 0 Å². The van der Waals surface area contributed by atoms with Crippen LogP contribution in [0.1, 0.15) is 85.5 Å². The Hall–Kier alpha value is -0.260. The molecule has 0 aromatic carbocycles. The van der Waals surface area contributed by atoms with Gasteiger partial charge in [0.2, 0.25) is 0 Å². The van der Waals surface area contributed by atoms with E-state index in [1.165, 1.54) is 0 Å². The van der Waals surface area contributed by atoms with Crippen LogP contribution in [-0.2, 0) is 29.2 Å². The van der Waals surface area contributed by atoms with Crippen LogP contribution in [0.2, 0.25) is 0 Å². The molecule has 0 aliphatic carbocycles. The summed E-state index contributed by atoms with van der Waals surface area (Å²) in [6.45, 7) is 8.37. The summed E-state index contributed by atoms with van der Waals surface area (Å²) < 4.78 is 69.2. The van der Waals surface area contributed by atoms with Gasteiger partial charge in [0, 0.05) is 0 Å². The van der Waals surface area contributed by atoms with Crippen molar-refractivity contribution in [1.82, 2.24) is 0 Å². The van der Waals surface area contributed by atoms with Crippen molar-refractivity contribution in [2.45, 2.75) is 85.5 Å². The van der Waals surface area contributed by atoms with E-state index < -0.39 is 20.8 Å². The van der Waals surface area contributed by atoms with Crippen LogP contribution in [0.3, 0.4) is 0 Å². The van der Waals surface area contributed by atoms with Crippen molar-refractivity contribution >= 4 is 20.8 Å². The van der Waals surface area contributed by atoms with E-state index in [0.29, 0.717) is 11.8 Å². The van der Waals surface area contributed by atoms with Gasteiger partial charge >= 0.3 is 20.8 Å². The molecule has 29 heavy (non-hydrogen) atoms. The highest BCUT2D eigenvalue weighted by atomic mass is 32.3. The summed E-state index contributed by atoms with van der Waals surface area (Å²) in [6.07, 6.45) is 8.58. The summed E-state index contributed by atoms with van der Waals surface area (Å²) in [4.78, 5) is 0. The van der Waals surface area contributed by atoms with Crippen molar-refractivity contribution in [3.63, 3.8) is 0 Å². The summed E-state index contributed by atoms with van der Waals surface area (Å²) in [7, 11) is -8.77. The van der Waals surface area contributed by atoms with E-state index in [-0.39, 0.29) is 25.0 Å². The average molecular weight is 461 g/mol. The van der Waals surface area contributed by atoms with Crippen LogP contribution in [-0.4, -0.2) is 39.2 Å². The van der Waals surface area contributed by atoms with Gasteiger partial charge in [-0.3, -0.25) is 9.11 Å².